The SMILES string of the molecule is CCc1ccc2oc(C=O)cc2c1. The first-order valence-corrected chi connectivity index (χ1v) is 4.31. The third-order valence-corrected chi connectivity index (χ3v) is 2.12. The first kappa shape index (κ1) is 8.05. The van der Waals surface area contributed by atoms with Gasteiger partial charge in [0.05, 0.1) is 0 Å². The second-order valence-electron chi connectivity index (χ2n) is 2.99. The van der Waals surface area contributed by atoms with Gasteiger partial charge in [0.2, 0.25) is 0 Å². The van der Waals surface area contributed by atoms with E-state index in [0.717, 1.165) is 23.7 Å². The lowest BCUT2D eigenvalue weighted by Crippen LogP contribution is -1.76. The molecule has 13 heavy (non-hydrogen) atoms. The summed E-state index contributed by atoms with van der Waals surface area (Å²) in [5.74, 6) is 0.392. The van der Waals surface area contributed by atoms with Crippen LogP contribution in [0.3, 0.4) is 0 Å². The molecule has 0 saturated carbocycles. The van der Waals surface area contributed by atoms with Crippen molar-refractivity contribution in [1.29, 1.82) is 0 Å². The van der Waals surface area contributed by atoms with Crippen LogP contribution in [0.2, 0.25) is 0 Å². The molecule has 0 spiro atoms. The van der Waals surface area contributed by atoms with E-state index in [0.29, 0.717) is 5.76 Å². The normalized spacial score (nSPS) is 10.5. The largest absolute Gasteiger partial charge is 0.453 e. The van der Waals surface area contributed by atoms with Crippen LogP contribution in [0.25, 0.3) is 11.0 Å². The van der Waals surface area contributed by atoms with Crippen molar-refractivity contribution in [3.8, 4) is 0 Å². The van der Waals surface area contributed by atoms with E-state index in [4.69, 9.17) is 4.42 Å². The van der Waals surface area contributed by atoms with Crippen LogP contribution >= 0.6 is 0 Å². The monoisotopic (exact) mass is 174 g/mol. The molecule has 2 nitrogen and oxygen atoms in total. The highest BCUT2D eigenvalue weighted by Gasteiger charge is 2.02. The van der Waals surface area contributed by atoms with Crippen LogP contribution in [0.15, 0.2) is 28.7 Å². The van der Waals surface area contributed by atoms with E-state index >= 15 is 0 Å². The molecular formula is C11H10O2. The zero-order chi connectivity index (χ0) is 9.26. The molecule has 66 valence electrons. The Hall–Kier alpha value is -1.57. The molecule has 2 heteroatoms. The summed E-state index contributed by atoms with van der Waals surface area (Å²) in [4.78, 5) is 10.4. The second-order valence-corrected chi connectivity index (χ2v) is 2.99. The molecule has 1 aromatic heterocycles. The lowest BCUT2D eigenvalue weighted by molar-refractivity contribution is 0.110. The number of benzene rings is 1. The van der Waals surface area contributed by atoms with Gasteiger partial charge in [-0.05, 0) is 30.2 Å². The van der Waals surface area contributed by atoms with Crippen molar-refractivity contribution in [3.63, 3.8) is 0 Å². The Morgan fingerprint density at radius 1 is 1.38 bits per heavy atom. The van der Waals surface area contributed by atoms with Gasteiger partial charge in [-0.3, -0.25) is 4.79 Å². The maximum absolute atomic E-state index is 10.4. The summed E-state index contributed by atoms with van der Waals surface area (Å²) in [7, 11) is 0. The average molecular weight is 174 g/mol. The summed E-state index contributed by atoms with van der Waals surface area (Å²) >= 11 is 0. The minimum absolute atomic E-state index is 0.392. The molecule has 0 N–H and O–H groups in total. The number of hydrogen-bond donors (Lipinski definition) is 0. The third-order valence-electron chi connectivity index (χ3n) is 2.12. The lowest BCUT2D eigenvalue weighted by Gasteiger charge is -1.93. The van der Waals surface area contributed by atoms with Gasteiger partial charge in [0.1, 0.15) is 5.58 Å². The number of rotatable bonds is 2. The van der Waals surface area contributed by atoms with Gasteiger partial charge in [0.25, 0.3) is 0 Å². The number of hydrogen-bond acceptors (Lipinski definition) is 2. The number of furan rings is 1. The Morgan fingerprint density at radius 3 is 2.92 bits per heavy atom. The van der Waals surface area contributed by atoms with Gasteiger partial charge in [-0.15, -0.1) is 0 Å². The van der Waals surface area contributed by atoms with Crippen LogP contribution in [0, 0.1) is 0 Å². The first-order valence-electron chi connectivity index (χ1n) is 4.31. The van der Waals surface area contributed by atoms with Crippen LogP contribution in [-0.2, 0) is 6.42 Å². The molecule has 0 unspecified atom stereocenters. The van der Waals surface area contributed by atoms with Crippen molar-refractivity contribution in [1.82, 2.24) is 0 Å². The van der Waals surface area contributed by atoms with Crippen LogP contribution in [0.4, 0.5) is 0 Å². The number of fused-ring (bicyclic) bond motifs is 1. The van der Waals surface area contributed by atoms with E-state index in [1.54, 1.807) is 6.07 Å². The molecule has 2 aromatic rings. The van der Waals surface area contributed by atoms with E-state index in [9.17, 15) is 4.79 Å². The Morgan fingerprint density at radius 2 is 2.23 bits per heavy atom. The highest BCUT2D eigenvalue weighted by atomic mass is 16.3. The smallest absolute Gasteiger partial charge is 0.185 e. The van der Waals surface area contributed by atoms with Crippen molar-refractivity contribution >= 4 is 17.3 Å². The highest BCUT2D eigenvalue weighted by Crippen LogP contribution is 2.19. The fraction of sp³-hybridized carbons (Fsp3) is 0.182. The summed E-state index contributed by atoms with van der Waals surface area (Å²) in [5, 5.41) is 1.00. The summed E-state index contributed by atoms with van der Waals surface area (Å²) < 4.78 is 5.25. The maximum Gasteiger partial charge on any atom is 0.185 e. The Kier molecular flexibility index (Phi) is 1.89. The number of aryl methyl sites for hydroxylation is 1. The molecular weight excluding hydrogens is 164 g/mol. The van der Waals surface area contributed by atoms with E-state index in [-0.39, 0.29) is 0 Å². The minimum atomic E-state index is 0.392. The van der Waals surface area contributed by atoms with Gasteiger partial charge in [-0.25, -0.2) is 0 Å². The van der Waals surface area contributed by atoms with Gasteiger partial charge in [-0.1, -0.05) is 13.0 Å². The van der Waals surface area contributed by atoms with Crippen molar-refractivity contribution < 1.29 is 9.21 Å². The number of carbonyl (C=O) groups excluding carboxylic acids is 1. The predicted octanol–water partition coefficient (Wildman–Crippen LogP) is 2.81. The second kappa shape index (κ2) is 3.05. The molecule has 0 aliphatic rings. The van der Waals surface area contributed by atoms with E-state index in [1.165, 1.54) is 5.56 Å². The predicted molar refractivity (Wildman–Crippen MR) is 51.0 cm³/mol. The molecule has 0 saturated heterocycles. The quantitative estimate of drug-likeness (QED) is 0.655. The van der Waals surface area contributed by atoms with Crippen molar-refractivity contribution in [2.75, 3.05) is 0 Å². The fourth-order valence-corrected chi connectivity index (χ4v) is 1.39. The van der Waals surface area contributed by atoms with E-state index in [1.807, 2.05) is 18.2 Å². The highest BCUT2D eigenvalue weighted by molar-refractivity contribution is 5.85. The molecule has 1 heterocycles. The summed E-state index contributed by atoms with van der Waals surface area (Å²) in [6.45, 7) is 2.10. The zero-order valence-corrected chi connectivity index (χ0v) is 7.41. The molecule has 0 aliphatic carbocycles. The van der Waals surface area contributed by atoms with Crippen molar-refractivity contribution in [2.45, 2.75) is 13.3 Å². The Bertz CT molecular complexity index is 440. The van der Waals surface area contributed by atoms with Gasteiger partial charge < -0.3 is 4.42 Å². The third kappa shape index (κ3) is 1.35. The van der Waals surface area contributed by atoms with Crippen LogP contribution in [-0.4, -0.2) is 6.29 Å². The summed E-state index contributed by atoms with van der Waals surface area (Å²) in [6, 6.07) is 7.73. The van der Waals surface area contributed by atoms with Crippen LogP contribution < -0.4 is 0 Å². The maximum atomic E-state index is 10.4. The van der Waals surface area contributed by atoms with Gasteiger partial charge in [0.15, 0.2) is 12.0 Å². The fourth-order valence-electron chi connectivity index (χ4n) is 1.39. The Balaban J connectivity index is 2.63. The zero-order valence-electron chi connectivity index (χ0n) is 7.41. The van der Waals surface area contributed by atoms with Gasteiger partial charge in [0, 0.05) is 5.39 Å². The van der Waals surface area contributed by atoms with Gasteiger partial charge >= 0.3 is 0 Å². The van der Waals surface area contributed by atoms with E-state index in [2.05, 4.69) is 6.92 Å². The molecule has 0 atom stereocenters. The molecule has 0 bridgehead atoms. The molecule has 0 fully saturated rings. The first-order chi connectivity index (χ1) is 6.33. The molecule has 0 radical (unpaired) electrons. The van der Waals surface area contributed by atoms with E-state index < -0.39 is 0 Å². The topological polar surface area (TPSA) is 30.2 Å². The summed E-state index contributed by atoms with van der Waals surface area (Å²) in [5.41, 5.74) is 2.03. The van der Waals surface area contributed by atoms with Crippen LogP contribution in [0.5, 0.6) is 0 Å². The van der Waals surface area contributed by atoms with Crippen LogP contribution in [0.1, 0.15) is 23.0 Å². The lowest BCUT2D eigenvalue weighted by atomic mass is 10.1. The standard InChI is InChI=1S/C11H10O2/c1-2-8-3-4-11-9(5-8)6-10(7-12)13-11/h3-7H,2H2,1H3. The average Bonchev–Trinajstić information content (AvgIpc) is 2.58. The Labute approximate surface area is 76.2 Å². The number of aldehydes is 1. The molecule has 0 amide bonds. The van der Waals surface area contributed by atoms with Crippen molar-refractivity contribution in [2.24, 2.45) is 0 Å². The summed E-state index contributed by atoms with van der Waals surface area (Å²) in [6.07, 6.45) is 1.73. The molecule has 1 aromatic carbocycles. The molecule has 0 aliphatic heterocycles. The number of carbonyl (C=O) groups is 1. The van der Waals surface area contributed by atoms with Crippen molar-refractivity contribution in [3.05, 3.63) is 35.6 Å². The minimum Gasteiger partial charge on any atom is -0.453 e. The van der Waals surface area contributed by atoms with Gasteiger partial charge in [-0.2, -0.15) is 0 Å². The molecule has 2 rings (SSSR count).